The van der Waals surface area contributed by atoms with Crippen molar-refractivity contribution >= 4 is 28.9 Å². The average Bonchev–Trinajstić information content (AvgIpc) is 2.85. The first-order valence-corrected chi connectivity index (χ1v) is 6.59. The SMILES string of the molecule is CCc1nnsc1C(=O)c1ccc(C(F)(F)F)nc1Cl. The Balaban J connectivity index is 2.42. The van der Waals surface area contributed by atoms with Gasteiger partial charge in [0.05, 0.1) is 11.3 Å². The third-order valence-electron chi connectivity index (χ3n) is 2.48. The summed E-state index contributed by atoms with van der Waals surface area (Å²) < 4.78 is 41.1. The molecular formula is C11H7ClF3N3OS. The van der Waals surface area contributed by atoms with Crippen LogP contribution in [0.3, 0.4) is 0 Å². The van der Waals surface area contributed by atoms with E-state index in [1.807, 2.05) is 0 Å². The number of hydrogen-bond donors (Lipinski definition) is 0. The Hall–Kier alpha value is -1.54. The van der Waals surface area contributed by atoms with Crippen LogP contribution in [0.5, 0.6) is 0 Å². The summed E-state index contributed by atoms with van der Waals surface area (Å²) in [5.74, 6) is -0.525. The molecule has 0 aliphatic rings. The van der Waals surface area contributed by atoms with Crippen molar-refractivity contribution in [1.82, 2.24) is 14.6 Å². The number of ketones is 1. The first-order valence-electron chi connectivity index (χ1n) is 5.44. The second-order valence-electron chi connectivity index (χ2n) is 3.76. The highest BCUT2D eigenvalue weighted by Crippen LogP contribution is 2.30. The minimum absolute atomic E-state index is 0.0968. The summed E-state index contributed by atoms with van der Waals surface area (Å²) in [4.78, 5) is 15.7. The van der Waals surface area contributed by atoms with Crippen molar-refractivity contribution in [2.75, 3.05) is 0 Å². The molecule has 0 spiro atoms. The number of pyridine rings is 1. The predicted octanol–water partition coefficient (Wildman–Crippen LogP) is 3.40. The van der Waals surface area contributed by atoms with E-state index in [0.717, 1.165) is 23.7 Å². The van der Waals surface area contributed by atoms with Gasteiger partial charge >= 0.3 is 6.18 Å². The second kappa shape index (κ2) is 5.45. The quantitative estimate of drug-likeness (QED) is 0.642. The van der Waals surface area contributed by atoms with Crippen molar-refractivity contribution in [2.24, 2.45) is 0 Å². The Morgan fingerprint density at radius 3 is 2.65 bits per heavy atom. The molecule has 2 rings (SSSR count). The molecule has 2 heterocycles. The number of alkyl halides is 3. The highest BCUT2D eigenvalue weighted by atomic mass is 35.5. The lowest BCUT2D eigenvalue weighted by atomic mass is 10.1. The topological polar surface area (TPSA) is 55.7 Å². The van der Waals surface area contributed by atoms with Gasteiger partial charge in [-0.25, -0.2) is 4.98 Å². The summed E-state index contributed by atoms with van der Waals surface area (Å²) in [6, 6.07) is 1.73. The molecule has 2 aromatic rings. The van der Waals surface area contributed by atoms with Crippen LogP contribution in [-0.2, 0) is 12.6 Å². The zero-order valence-electron chi connectivity index (χ0n) is 10.0. The lowest BCUT2D eigenvalue weighted by Gasteiger charge is -2.07. The van der Waals surface area contributed by atoms with Gasteiger partial charge in [0.1, 0.15) is 15.7 Å². The number of aryl methyl sites for hydroxylation is 1. The molecule has 0 aliphatic carbocycles. The molecule has 0 atom stereocenters. The third kappa shape index (κ3) is 2.80. The largest absolute Gasteiger partial charge is 0.433 e. The molecule has 0 aliphatic heterocycles. The van der Waals surface area contributed by atoms with Crippen molar-refractivity contribution in [3.05, 3.63) is 39.1 Å². The fraction of sp³-hybridized carbons (Fsp3) is 0.273. The molecule has 20 heavy (non-hydrogen) atoms. The van der Waals surface area contributed by atoms with E-state index in [-0.39, 0.29) is 10.4 Å². The van der Waals surface area contributed by atoms with Crippen LogP contribution < -0.4 is 0 Å². The summed E-state index contributed by atoms with van der Waals surface area (Å²) in [6.07, 6.45) is -4.12. The Labute approximate surface area is 120 Å². The van der Waals surface area contributed by atoms with Crippen molar-refractivity contribution in [3.8, 4) is 0 Å². The van der Waals surface area contributed by atoms with Crippen molar-refractivity contribution in [2.45, 2.75) is 19.5 Å². The molecule has 2 aromatic heterocycles. The van der Waals surface area contributed by atoms with E-state index in [0.29, 0.717) is 12.1 Å². The molecule has 0 amide bonds. The number of carbonyl (C=O) groups excluding carboxylic acids is 1. The van der Waals surface area contributed by atoms with E-state index in [9.17, 15) is 18.0 Å². The summed E-state index contributed by atoms with van der Waals surface area (Å²) in [6.45, 7) is 1.79. The highest BCUT2D eigenvalue weighted by molar-refractivity contribution is 7.08. The van der Waals surface area contributed by atoms with Crippen molar-refractivity contribution < 1.29 is 18.0 Å². The molecule has 0 bridgehead atoms. The number of halogens is 4. The minimum Gasteiger partial charge on any atom is -0.287 e. The van der Waals surface area contributed by atoms with E-state index in [2.05, 4.69) is 14.6 Å². The second-order valence-corrected chi connectivity index (χ2v) is 4.88. The van der Waals surface area contributed by atoms with Crippen LogP contribution in [0.4, 0.5) is 13.2 Å². The van der Waals surface area contributed by atoms with Gasteiger partial charge in [-0.2, -0.15) is 13.2 Å². The zero-order chi connectivity index (χ0) is 14.9. The van der Waals surface area contributed by atoms with Gasteiger partial charge in [-0.05, 0) is 30.1 Å². The van der Waals surface area contributed by atoms with Gasteiger partial charge in [0.15, 0.2) is 0 Å². The molecule has 0 radical (unpaired) electrons. The van der Waals surface area contributed by atoms with Gasteiger partial charge in [0.2, 0.25) is 5.78 Å². The Morgan fingerprint density at radius 2 is 2.10 bits per heavy atom. The van der Waals surface area contributed by atoms with E-state index < -0.39 is 22.8 Å². The monoisotopic (exact) mass is 321 g/mol. The zero-order valence-corrected chi connectivity index (χ0v) is 11.6. The smallest absolute Gasteiger partial charge is 0.287 e. The standard InChI is InChI=1S/C11H7ClF3N3OS/c1-2-6-9(20-18-17-6)8(19)5-3-4-7(11(13,14)15)16-10(5)12/h3-4H,2H2,1H3. The van der Waals surface area contributed by atoms with E-state index >= 15 is 0 Å². The lowest BCUT2D eigenvalue weighted by Crippen LogP contribution is -2.11. The maximum absolute atomic E-state index is 12.5. The van der Waals surface area contributed by atoms with Gasteiger partial charge < -0.3 is 0 Å². The van der Waals surface area contributed by atoms with Crippen LogP contribution in [0.25, 0.3) is 0 Å². The summed E-state index contributed by atoms with van der Waals surface area (Å²) in [5, 5.41) is 3.29. The van der Waals surface area contributed by atoms with Crippen LogP contribution >= 0.6 is 23.1 Å². The van der Waals surface area contributed by atoms with E-state index in [4.69, 9.17) is 11.6 Å². The normalized spacial score (nSPS) is 11.7. The molecule has 4 nitrogen and oxygen atoms in total. The molecule has 0 N–H and O–H groups in total. The van der Waals surface area contributed by atoms with Crippen molar-refractivity contribution in [1.29, 1.82) is 0 Å². The molecule has 106 valence electrons. The average molecular weight is 322 g/mol. The third-order valence-corrected chi connectivity index (χ3v) is 3.54. The molecule has 0 fully saturated rings. The van der Waals surface area contributed by atoms with Gasteiger partial charge in [-0.3, -0.25) is 4.79 Å². The van der Waals surface area contributed by atoms with E-state index in [1.165, 1.54) is 0 Å². The predicted molar refractivity (Wildman–Crippen MR) is 67.0 cm³/mol. The number of aromatic nitrogens is 3. The van der Waals surface area contributed by atoms with Gasteiger partial charge in [-0.1, -0.05) is 23.0 Å². The molecular weight excluding hydrogens is 315 g/mol. The number of hydrogen-bond acceptors (Lipinski definition) is 5. The summed E-state index contributed by atoms with van der Waals surface area (Å²) in [5.41, 5.74) is -0.756. The van der Waals surface area contributed by atoms with Crippen LogP contribution in [-0.4, -0.2) is 20.4 Å². The number of nitrogens with zero attached hydrogens (tertiary/aromatic N) is 3. The minimum atomic E-state index is -4.61. The van der Waals surface area contributed by atoms with Crippen LogP contribution in [0, 0.1) is 0 Å². The molecule has 0 unspecified atom stereocenters. The van der Waals surface area contributed by atoms with Gasteiger partial charge in [0.25, 0.3) is 0 Å². The highest BCUT2D eigenvalue weighted by Gasteiger charge is 2.33. The van der Waals surface area contributed by atoms with Crippen LogP contribution in [0.15, 0.2) is 12.1 Å². The lowest BCUT2D eigenvalue weighted by molar-refractivity contribution is -0.141. The number of carbonyl (C=O) groups is 1. The summed E-state index contributed by atoms with van der Waals surface area (Å²) >= 11 is 6.55. The van der Waals surface area contributed by atoms with Crippen LogP contribution in [0.2, 0.25) is 5.15 Å². The van der Waals surface area contributed by atoms with Crippen LogP contribution in [0.1, 0.15) is 33.5 Å². The first kappa shape index (κ1) is 14.9. The summed E-state index contributed by atoms with van der Waals surface area (Å²) in [7, 11) is 0. The van der Waals surface area contributed by atoms with Gasteiger partial charge in [-0.15, -0.1) is 5.10 Å². The maximum atomic E-state index is 12.5. The fourth-order valence-electron chi connectivity index (χ4n) is 1.50. The van der Waals surface area contributed by atoms with Crippen molar-refractivity contribution in [3.63, 3.8) is 0 Å². The van der Waals surface area contributed by atoms with E-state index in [1.54, 1.807) is 6.92 Å². The fourth-order valence-corrected chi connectivity index (χ4v) is 2.44. The van der Waals surface area contributed by atoms with Gasteiger partial charge in [0, 0.05) is 0 Å². The molecule has 0 saturated carbocycles. The first-order chi connectivity index (χ1) is 9.34. The molecule has 0 saturated heterocycles. The Morgan fingerprint density at radius 1 is 1.40 bits per heavy atom. The number of rotatable bonds is 3. The molecule has 0 aromatic carbocycles. The maximum Gasteiger partial charge on any atom is 0.433 e. The molecule has 9 heteroatoms. The Kier molecular flexibility index (Phi) is 4.05. The Bertz CT molecular complexity index is 657.